The molecule has 1 aliphatic heterocycles. The molecule has 0 spiro atoms. The Kier molecular flexibility index (Phi) is 4.47. The second kappa shape index (κ2) is 6.29. The van der Waals surface area contributed by atoms with E-state index in [1.54, 1.807) is 0 Å². The van der Waals surface area contributed by atoms with E-state index in [1.165, 1.54) is 0 Å². The van der Waals surface area contributed by atoms with Crippen LogP contribution >= 0.6 is 0 Å². The van der Waals surface area contributed by atoms with Gasteiger partial charge in [-0.15, -0.1) is 0 Å². The number of esters is 1. The first kappa shape index (κ1) is 13.5. The molecule has 2 atom stereocenters. The molecule has 0 bridgehead atoms. The largest absolute Gasteiger partial charge is 0.460 e. The monoisotopic (exact) mass is 259 g/mol. The van der Waals surface area contributed by atoms with E-state index in [0.29, 0.717) is 13.0 Å². The molecule has 0 aromatic heterocycles. The summed E-state index contributed by atoms with van der Waals surface area (Å²) in [5.74, 6) is -0.766. The van der Waals surface area contributed by atoms with Gasteiger partial charge < -0.3 is 14.8 Å². The van der Waals surface area contributed by atoms with E-state index in [2.05, 4.69) is 11.9 Å². The predicted octanol–water partition coefficient (Wildman–Crippen LogP) is 1.46. The van der Waals surface area contributed by atoms with E-state index < -0.39 is 6.04 Å². The average Bonchev–Trinajstić information content (AvgIpc) is 2.45. The van der Waals surface area contributed by atoms with Crippen molar-refractivity contribution in [2.75, 3.05) is 6.54 Å². The van der Waals surface area contributed by atoms with Crippen molar-refractivity contribution < 1.29 is 14.3 Å². The third-order valence-electron chi connectivity index (χ3n) is 3.18. The Hall–Kier alpha value is -1.94. The van der Waals surface area contributed by atoms with Crippen LogP contribution in [-0.2, 0) is 20.9 Å². The lowest BCUT2D eigenvalue weighted by atomic mass is 9.90. The van der Waals surface area contributed by atoms with Gasteiger partial charge in [0.2, 0.25) is 0 Å². The fourth-order valence-corrected chi connectivity index (χ4v) is 2.13. The highest BCUT2D eigenvalue weighted by molar-refractivity contribution is 5.80. The van der Waals surface area contributed by atoms with Crippen LogP contribution in [0.3, 0.4) is 0 Å². The minimum Gasteiger partial charge on any atom is -0.460 e. The van der Waals surface area contributed by atoms with Crippen LogP contribution in [0.5, 0.6) is 0 Å². The molecule has 1 heterocycles. The van der Waals surface area contributed by atoms with Gasteiger partial charge in [0.25, 0.3) is 0 Å². The number of benzene rings is 1. The zero-order valence-corrected chi connectivity index (χ0v) is 10.7. The second-order valence-corrected chi connectivity index (χ2v) is 4.71. The molecule has 1 N–H and O–H groups in total. The molecular formula is C15H17NO3. The van der Waals surface area contributed by atoms with Gasteiger partial charge in [0.05, 0.1) is 0 Å². The second-order valence-electron chi connectivity index (χ2n) is 4.71. The molecule has 0 amide bonds. The van der Waals surface area contributed by atoms with Gasteiger partial charge in [0.1, 0.15) is 18.9 Å². The number of rotatable bonds is 4. The Bertz CT molecular complexity index is 470. The number of nitrogens with one attached hydrogen (secondary N) is 1. The summed E-state index contributed by atoms with van der Waals surface area (Å²) < 4.78 is 5.24. The summed E-state index contributed by atoms with van der Waals surface area (Å²) >= 11 is 0. The molecule has 1 fully saturated rings. The minimum atomic E-state index is -0.563. The van der Waals surface area contributed by atoms with Crippen molar-refractivity contribution in [3.8, 4) is 0 Å². The molecule has 100 valence electrons. The number of carbonyl (C=O) groups is 2. The number of aldehydes is 1. The zero-order valence-electron chi connectivity index (χ0n) is 10.7. The lowest BCUT2D eigenvalue weighted by Gasteiger charge is -2.28. The molecule has 1 aliphatic rings. The fraction of sp³-hybridized carbons (Fsp3) is 0.333. The summed E-state index contributed by atoms with van der Waals surface area (Å²) in [6, 6.07) is 8.90. The maximum absolute atomic E-state index is 12.0. The number of hydrogen-bond acceptors (Lipinski definition) is 4. The van der Waals surface area contributed by atoms with Gasteiger partial charge in [-0.05, 0) is 12.0 Å². The van der Waals surface area contributed by atoms with E-state index in [-0.39, 0.29) is 18.5 Å². The Labute approximate surface area is 112 Å². The van der Waals surface area contributed by atoms with Gasteiger partial charge >= 0.3 is 5.97 Å². The molecule has 1 aromatic carbocycles. The predicted molar refractivity (Wildman–Crippen MR) is 71.3 cm³/mol. The molecule has 2 rings (SSSR count). The molecule has 4 nitrogen and oxygen atoms in total. The van der Waals surface area contributed by atoms with Gasteiger partial charge in [-0.3, -0.25) is 4.79 Å². The summed E-state index contributed by atoms with van der Waals surface area (Å²) in [5, 5.41) is 3.00. The van der Waals surface area contributed by atoms with Crippen LogP contribution in [0, 0.1) is 5.92 Å². The van der Waals surface area contributed by atoms with Crippen molar-refractivity contribution in [1.82, 2.24) is 5.32 Å². The molecule has 0 saturated carbocycles. The first-order chi connectivity index (χ1) is 9.20. The maximum Gasteiger partial charge on any atom is 0.324 e. The Morgan fingerprint density at radius 1 is 1.42 bits per heavy atom. The topological polar surface area (TPSA) is 55.4 Å². The molecule has 1 aromatic rings. The van der Waals surface area contributed by atoms with Gasteiger partial charge in [0.15, 0.2) is 0 Å². The van der Waals surface area contributed by atoms with Gasteiger partial charge in [-0.2, -0.15) is 0 Å². The third-order valence-corrected chi connectivity index (χ3v) is 3.18. The van der Waals surface area contributed by atoms with Crippen molar-refractivity contribution in [3.05, 3.63) is 48.0 Å². The highest BCUT2D eigenvalue weighted by atomic mass is 16.5. The van der Waals surface area contributed by atoms with E-state index in [1.807, 2.05) is 30.3 Å². The molecular weight excluding hydrogens is 242 g/mol. The van der Waals surface area contributed by atoms with E-state index >= 15 is 0 Å². The smallest absolute Gasteiger partial charge is 0.324 e. The van der Waals surface area contributed by atoms with Crippen LogP contribution in [-0.4, -0.2) is 24.8 Å². The molecule has 4 heteroatoms. The SMILES string of the molecule is C=C1CN[C@H](C(=O)OCc2ccccc2)[C@@H](C=O)C1. The standard InChI is InChI=1S/C15H17NO3/c1-11-7-13(9-17)14(16-8-11)15(18)19-10-12-5-3-2-4-6-12/h2-6,9,13-14,16H,1,7-8,10H2/t13-,14+/m1/s1. The molecule has 0 aliphatic carbocycles. The van der Waals surface area contributed by atoms with E-state index in [0.717, 1.165) is 17.4 Å². The number of carbonyl (C=O) groups excluding carboxylic acids is 2. The zero-order chi connectivity index (χ0) is 13.7. The molecule has 1 saturated heterocycles. The van der Waals surface area contributed by atoms with Gasteiger partial charge in [-0.1, -0.05) is 42.5 Å². The van der Waals surface area contributed by atoms with Crippen LogP contribution in [0.25, 0.3) is 0 Å². The van der Waals surface area contributed by atoms with Gasteiger partial charge in [0, 0.05) is 12.5 Å². The lowest BCUT2D eigenvalue weighted by Crippen LogP contribution is -2.48. The van der Waals surface area contributed by atoms with Crippen molar-refractivity contribution in [3.63, 3.8) is 0 Å². The summed E-state index contributed by atoms with van der Waals surface area (Å²) in [5.41, 5.74) is 1.86. The number of ether oxygens (including phenoxy) is 1. The van der Waals surface area contributed by atoms with Crippen molar-refractivity contribution in [1.29, 1.82) is 0 Å². The highest BCUT2D eigenvalue weighted by Gasteiger charge is 2.32. The average molecular weight is 259 g/mol. The fourth-order valence-electron chi connectivity index (χ4n) is 2.13. The third kappa shape index (κ3) is 3.51. The maximum atomic E-state index is 12.0. The van der Waals surface area contributed by atoms with Crippen molar-refractivity contribution in [2.24, 2.45) is 5.92 Å². The normalized spacial score (nSPS) is 22.8. The molecule has 19 heavy (non-hydrogen) atoms. The van der Waals surface area contributed by atoms with Crippen LogP contribution in [0.2, 0.25) is 0 Å². The molecule has 0 radical (unpaired) electrons. The van der Waals surface area contributed by atoms with Crippen LogP contribution in [0.15, 0.2) is 42.5 Å². The first-order valence-electron chi connectivity index (χ1n) is 6.26. The summed E-state index contributed by atoms with van der Waals surface area (Å²) in [7, 11) is 0. The van der Waals surface area contributed by atoms with E-state index in [4.69, 9.17) is 4.74 Å². The number of piperidine rings is 1. The van der Waals surface area contributed by atoms with Gasteiger partial charge in [-0.25, -0.2) is 0 Å². The number of hydrogen-bond donors (Lipinski definition) is 1. The minimum absolute atomic E-state index is 0.227. The molecule has 0 unspecified atom stereocenters. The summed E-state index contributed by atoms with van der Waals surface area (Å²) in [6.45, 7) is 4.60. The van der Waals surface area contributed by atoms with Crippen LogP contribution in [0.1, 0.15) is 12.0 Å². The Morgan fingerprint density at radius 3 is 2.84 bits per heavy atom. The lowest BCUT2D eigenvalue weighted by molar-refractivity contribution is -0.150. The van der Waals surface area contributed by atoms with Crippen molar-refractivity contribution >= 4 is 12.3 Å². The highest BCUT2D eigenvalue weighted by Crippen LogP contribution is 2.19. The first-order valence-corrected chi connectivity index (χ1v) is 6.26. The van der Waals surface area contributed by atoms with Crippen LogP contribution in [0.4, 0.5) is 0 Å². The van der Waals surface area contributed by atoms with Crippen molar-refractivity contribution in [2.45, 2.75) is 19.1 Å². The quantitative estimate of drug-likeness (QED) is 0.505. The Morgan fingerprint density at radius 2 is 2.16 bits per heavy atom. The Balaban J connectivity index is 1.92. The summed E-state index contributed by atoms with van der Waals surface area (Å²) in [4.78, 5) is 23.0. The van der Waals surface area contributed by atoms with Crippen LogP contribution < -0.4 is 5.32 Å². The summed E-state index contributed by atoms with van der Waals surface area (Å²) in [6.07, 6.45) is 1.34. The van der Waals surface area contributed by atoms with E-state index in [9.17, 15) is 9.59 Å².